The third kappa shape index (κ3) is 7.70. The second-order valence-electron chi connectivity index (χ2n) is 12.4. The van der Waals surface area contributed by atoms with Gasteiger partial charge in [0.2, 0.25) is 0 Å². The summed E-state index contributed by atoms with van der Waals surface area (Å²) in [5.74, 6) is 2.84. The second kappa shape index (κ2) is 13.1. The van der Waals surface area contributed by atoms with E-state index in [0.717, 1.165) is 29.7 Å². The number of carbonyl (C=O) groups is 1. The molecule has 1 amide bonds. The van der Waals surface area contributed by atoms with E-state index in [1.54, 1.807) is 12.0 Å². The molecule has 1 aliphatic heterocycles. The van der Waals surface area contributed by atoms with E-state index in [9.17, 15) is 9.90 Å². The molecule has 230 valence electrons. The fourth-order valence-corrected chi connectivity index (χ4v) is 5.38. The number of benzene rings is 2. The van der Waals surface area contributed by atoms with E-state index < -0.39 is 5.60 Å². The fraction of sp³-hybridized carbons (Fsp3) is 0.471. The van der Waals surface area contributed by atoms with Crippen molar-refractivity contribution in [3.05, 3.63) is 65.2 Å². The van der Waals surface area contributed by atoms with Crippen LogP contribution in [-0.2, 0) is 18.0 Å². The minimum Gasteiger partial charge on any atom is -0.497 e. The zero-order chi connectivity index (χ0) is 30.6. The van der Waals surface area contributed by atoms with Gasteiger partial charge in [-0.25, -0.2) is 9.78 Å². The Balaban J connectivity index is 1.49. The Bertz CT molecular complexity index is 1410. The Kier molecular flexibility index (Phi) is 9.30. The standard InChI is InChI=1S/C34H43N3O6/c1-34(2,3)43-33(39)37-16-6-7-24(18-37)26-17-28(36-32(35)27(26)19-38)31-29(41-20-22-10-11-22)8-5-9-30(31)42-21-23-12-14-25(40-4)15-13-23/h5,8-9,12-15,17,22,24,38H,6-7,10-11,16,18-21H2,1-4H3,(H2,35,36)/t24-/m0/s1. The van der Waals surface area contributed by atoms with Crippen molar-refractivity contribution in [2.24, 2.45) is 5.92 Å². The van der Waals surface area contributed by atoms with Crippen LogP contribution in [0, 0.1) is 5.92 Å². The maximum absolute atomic E-state index is 12.9. The number of piperidine rings is 1. The second-order valence-corrected chi connectivity index (χ2v) is 12.4. The molecule has 0 bridgehead atoms. The number of nitrogen functional groups attached to an aromatic ring is 1. The third-order valence-corrected chi connectivity index (χ3v) is 7.83. The van der Waals surface area contributed by atoms with E-state index in [1.807, 2.05) is 69.3 Å². The number of hydrogen-bond acceptors (Lipinski definition) is 8. The molecule has 1 atom stereocenters. The van der Waals surface area contributed by atoms with Crippen molar-refractivity contribution in [2.45, 2.75) is 71.2 Å². The summed E-state index contributed by atoms with van der Waals surface area (Å²) < 4.78 is 23.6. The molecule has 2 heterocycles. The number of amides is 1. The lowest BCUT2D eigenvalue weighted by Crippen LogP contribution is -2.42. The van der Waals surface area contributed by atoms with E-state index >= 15 is 0 Å². The average molecular weight is 590 g/mol. The molecule has 0 unspecified atom stereocenters. The maximum atomic E-state index is 12.9. The Morgan fingerprint density at radius 2 is 1.79 bits per heavy atom. The smallest absolute Gasteiger partial charge is 0.410 e. The molecule has 43 heavy (non-hydrogen) atoms. The molecule has 2 fully saturated rings. The molecule has 3 N–H and O–H groups in total. The molecule has 0 spiro atoms. The van der Waals surface area contributed by atoms with Gasteiger partial charge in [0.1, 0.15) is 35.3 Å². The predicted molar refractivity (Wildman–Crippen MR) is 165 cm³/mol. The van der Waals surface area contributed by atoms with Gasteiger partial charge >= 0.3 is 6.09 Å². The van der Waals surface area contributed by atoms with Crippen LogP contribution in [0.15, 0.2) is 48.5 Å². The van der Waals surface area contributed by atoms with Crippen LogP contribution in [0.5, 0.6) is 17.2 Å². The Labute approximate surface area is 253 Å². The molecule has 2 aliphatic rings. The number of pyridine rings is 1. The summed E-state index contributed by atoms with van der Waals surface area (Å²) in [6.45, 7) is 7.39. The van der Waals surface area contributed by atoms with Crippen LogP contribution in [0.4, 0.5) is 10.6 Å². The highest BCUT2D eigenvalue weighted by Gasteiger charge is 2.31. The van der Waals surface area contributed by atoms with Crippen molar-refractivity contribution < 1.29 is 28.8 Å². The van der Waals surface area contributed by atoms with E-state index in [2.05, 4.69) is 0 Å². The number of aliphatic hydroxyl groups is 1. The van der Waals surface area contributed by atoms with Gasteiger partial charge in [0.25, 0.3) is 0 Å². The molecule has 2 aromatic carbocycles. The van der Waals surface area contributed by atoms with Gasteiger partial charge in [0.15, 0.2) is 0 Å². The minimum atomic E-state index is -0.582. The molecule has 3 aromatic rings. The van der Waals surface area contributed by atoms with Crippen molar-refractivity contribution in [3.63, 3.8) is 0 Å². The number of aliphatic hydroxyl groups excluding tert-OH is 1. The first-order valence-electron chi connectivity index (χ1n) is 15.0. The largest absolute Gasteiger partial charge is 0.497 e. The summed E-state index contributed by atoms with van der Waals surface area (Å²) in [5, 5.41) is 10.3. The Morgan fingerprint density at radius 3 is 2.44 bits per heavy atom. The lowest BCUT2D eigenvalue weighted by molar-refractivity contribution is 0.0198. The molecule has 1 saturated carbocycles. The maximum Gasteiger partial charge on any atom is 0.410 e. The molecule has 0 radical (unpaired) electrons. The normalized spacial score (nSPS) is 17.0. The summed E-state index contributed by atoms with van der Waals surface area (Å²) in [6, 6.07) is 15.5. The topological polar surface area (TPSA) is 116 Å². The van der Waals surface area contributed by atoms with Gasteiger partial charge in [0, 0.05) is 24.6 Å². The van der Waals surface area contributed by atoms with E-state index in [4.69, 9.17) is 29.7 Å². The lowest BCUT2D eigenvalue weighted by atomic mass is 9.87. The van der Waals surface area contributed by atoms with Gasteiger partial charge < -0.3 is 34.7 Å². The van der Waals surface area contributed by atoms with Gasteiger partial charge in [-0.15, -0.1) is 0 Å². The van der Waals surface area contributed by atoms with Crippen LogP contribution in [0.3, 0.4) is 0 Å². The summed E-state index contributed by atoms with van der Waals surface area (Å²) in [6.07, 6.45) is 3.65. The monoisotopic (exact) mass is 589 g/mol. The van der Waals surface area contributed by atoms with Crippen LogP contribution in [0.25, 0.3) is 11.3 Å². The van der Waals surface area contributed by atoms with Crippen LogP contribution >= 0.6 is 0 Å². The number of aromatic nitrogens is 1. The number of carbonyl (C=O) groups excluding carboxylic acids is 1. The summed E-state index contributed by atoms with van der Waals surface area (Å²) >= 11 is 0. The van der Waals surface area contributed by atoms with Gasteiger partial charge in [-0.05, 0) is 93.8 Å². The van der Waals surface area contributed by atoms with Crippen molar-refractivity contribution in [2.75, 3.05) is 32.5 Å². The first-order valence-corrected chi connectivity index (χ1v) is 15.0. The Morgan fingerprint density at radius 1 is 1.07 bits per heavy atom. The van der Waals surface area contributed by atoms with Crippen LogP contribution in [0.2, 0.25) is 0 Å². The molecule has 1 saturated heterocycles. The number of likely N-dealkylation sites (tertiary alicyclic amines) is 1. The highest BCUT2D eigenvalue weighted by molar-refractivity contribution is 5.76. The molecule has 9 heteroatoms. The number of ether oxygens (including phenoxy) is 4. The summed E-state index contributed by atoms with van der Waals surface area (Å²) in [7, 11) is 1.64. The molecule has 9 nitrogen and oxygen atoms in total. The molecule has 1 aliphatic carbocycles. The van der Waals surface area contributed by atoms with Crippen molar-refractivity contribution >= 4 is 11.9 Å². The molecular weight excluding hydrogens is 546 g/mol. The third-order valence-electron chi connectivity index (χ3n) is 7.83. The zero-order valence-electron chi connectivity index (χ0n) is 25.6. The number of hydrogen-bond donors (Lipinski definition) is 2. The van der Waals surface area contributed by atoms with Gasteiger partial charge in [0.05, 0.1) is 31.6 Å². The lowest BCUT2D eigenvalue weighted by Gasteiger charge is -2.35. The molecular formula is C34H43N3O6. The Hall–Kier alpha value is -3.98. The van der Waals surface area contributed by atoms with Crippen LogP contribution in [-0.4, -0.2) is 53.5 Å². The van der Waals surface area contributed by atoms with Crippen molar-refractivity contribution in [3.8, 4) is 28.5 Å². The zero-order valence-corrected chi connectivity index (χ0v) is 25.6. The number of nitrogens with two attached hydrogens (primary N) is 1. The van der Waals surface area contributed by atoms with Crippen molar-refractivity contribution in [1.29, 1.82) is 0 Å². The quantitative estimate of drug-likeness (QED) is 0.283. The van der Waals surface area contributed by atoms with Crippen LogP contribution < -0.4 is 19.9 Å². The van der Waals surface area contributed by atoms with Gasteiger partial charge in [-0.3, -0.25) is 0 Å². The summed E-state index contributed by atoms with van der Waals surface area (Å²) in [4.78, 5) is 19.4. The first-order chi connectivity index (χ1) is 20.6. The average Bonchev–Trinajstić information content (AvgIpc) is 3.83. The van der Waals surface area contributed by atoms with Crippen LogP contribution in [0.1, 0.15) is 69.1 Å². The SMILES string of the molecule is COc1ccc(COc2cccc(OCC3CC3)c2-c2cc([C@H]3CCCN(C(=O)OC(C)(C)C)C3)c(CO)c(N)n2)cc1. The first kappa shape index (κ1) is 30.5. The predicted octanol–water partition coefficient (Wildman–Crippen LogP) is 6.31. The minimum absolute atomic E-state index is 0.0457. The van der Waals surface area contributed by atoms with E-state index in [-0.39, 0.29) is 24.4 Å². The number of anilines is 1. The summed E-state index contributed by atoms with van der Waals surface area (Å²) in [5.41, 5.74) is 9.69. The van der Waals surface area contributed by atoms with Crippen molar-refractivity contribution in [1.82, 2.24) is 9.88 Å². The van der Waals surface area contributed by atoms with E-state index in [0.29, 0.717) is 60.5 Å². The number of rotatable bonds is 10. The van der Waals surface area contributed by atoms with E-state index in [1.165, 1.54) is 12.8 Å². The van der Waals surface area contributed by atoms with Gasteiger partial charge in [-0.2, -0.15) is 0 Å². The number of nitrogens with zero attached hydrogens (tertiary/aromatic N) is 2. The fourth-order valence-electron chi connectivity index (χ4n) is 5.38. The molecule has 5 rings (SSSR count). The highest BCUT2D eigenvalue weighted by atomic mass is 16.6. The molecule has 1 aromatic heterocycles. The van der Waals surface area contributed by atoms with Gasteiger partial charge in [-0.1, -0.05) is 18.2 Å². The highest BCUT2D eigenvalue weighted by Crippen LogP contribution is 2.42. The number of methoxy groups -OCH3 is 1.